The molecule has 0 aromatic heterocycles. The van der Waals surface area contributed by atoms with Gasteiger partial charge in [0.1, 0.15) is 0 Å². The fourth-order valence-corrected chi connectivity index (χ4v) is 4.70. The molecule has 15 heavy (non-hydrogen) atoms. The van der Waals surface area contributed by atoms with Crippen molar-refractivity contribution in [2.75, 3.05) is 7.05 Å². The van der Waals surface area contributed by atoms with Gasteiger partial charge in [-0.3, -0.25) is 0 Å². The van der Waals surface area contributed by atoms with Crippen molar-refractivity contribution < 1.29 is 0 Å². The van der Waals surface area contributed by atoms with Gasteiger partial charge < -0.3 is 5.32 Å². The Balaban J connectivity index is 1.63. The fourth-order valence-electron chi connectivity index (χ4n) is 4.70. The summed E-state index contributed by atoms with van der Waals surface area (Å²) >= 11 is 0. The minimum Gasteiger partial charge on any atom is -0.317 e. The van der Waals surface area contributed by atoms with E-state index in [1.165, 1.54) is 19.3 Å². The first-order chi connectivity index (χ1) is 7.36. The van der Waals surface area contributed by atoms with Crippen molar-refractivity contribution >= 4 is 0 Å². The molecule has 0 radical (unpaired) electrons. The molecular formula is C14H21N. The lowest BCUT2D eigenvalue weighted by molar-refractivity contribution is 0.366. The third-order valence-electron chi connectivity index (χ3n) is 5.23. The Labute approximate surface area is 93.0 Å². The van der Waals surface area contributed by atoms with E-state index >= 15 is 0 Å². The monoisotopic (exact) mass is 203 g/mol. The zero-order valence-corrected chi connectivity index (χ0v) is 9.58. The second kappa shape index (κ2) is 3.52. The summed E-state index contributed by atoms with van der Waals surface area (Å²) in [6.45, 7) is 0. The molecule has 1 N–H and O–H groups in total. The van der Waals surface area contributed by atoms with Crippen LogP contribution in [0, 0.1) is 41.9 Å². The number of rotatable bonds is 4. The van der Waals surface area contributed by atoms with Crippen LogP contribution >= 0.6 is 0 Å². The van der Waals surface area contributed by atoms with Crippen LogP contribution in [0.5, 0.6) is 0 Å². The van der Waals surface area contributed by atoms with Crippen LogP contribution in [0.2, 0.25) is 0 Å². The van der Waals surface area contributed by atoms with E-state index in [4.69, 9.17) is 6.42 Å². The molecule has 1 nitrogen and oxygen atoms in total. The molecule has 0 saturated heterocycles. The summed E-state index contributed by atoms with van der Waals surface area (Å²) in [5, 5.41) is 3.50. The summed E-state index contributed by atoms with van der Waals surface area (Å²) in [6.07, 6.45) is 12.1. The van der Waals surface area contributed by atoms with E-state index in [0.717, 1.165) is 36.0 Å². The third-order valence-corrected chi connectivity index (χ3v) is 5.23. The molecule has 1 heteroatoms. The van der Waals surface area contributed by atoms with E-state index in [1.54, 1.807) is 6.42 Å². The van der Waals surface area contributed by atoms with Gasteiger partial charge in [0.15, 0.2) is 0 Å². The standard InChI is InChI=1S/C14H21N/c1-3-4-5-11(15-2)14-12-9-6-7-10(8-9)13(12)14/h1,9-15H,4-8H2,2H3. The van der Waals surface area contributed by atoms with Crippen molar-refractivity contribution in [3.05, 3.63) is 0 Å². The molecule has 2 bridgehead atoms. The number of hydrogen-bond acceptors (Lipinski definition) is 1. The molecule has 3 saturated carbocycles. The molecule has 0 heterocycles. The normalized spacial score (nSPS) is 47.3. The van der Waals surface area contributed by atoms with E-state index in [1.807, 2.05) is 0 Å². The highest BCUT2D eigenvalue weighted by atomic mass is 14.9. The van der Waals surface area contributed by atoms with Gasteiger partial charge in [-0.25, -0.2) is 0 Å². The average Bonchev–Trinajstić information content (AvgIpc) is 2.70. The van der Waals surface area contributed by atoms with Gasteiger partial charge in [0.2, 0.25) is 0 Å². The number of fused-ring (bicyclic) bond motifs is 5. The first-order valence-electron chi connectivity index (χ1n) is 6.47. The molecule has 0 spiro atoms. The molecule has 0 amide bonds. The highest BCUT2D eigenvalue weighted by molar-refractivity contribution is 5.15. The van der Waals surface area contributed by atoms with Crippen LogP contribution < -0.4 is 5.32 Å². The molecule has 5 unspecified atom stereocenters. The van der Waals surface area contributed by atoms with Crippen molar-refractivity contribution in [1.82, 2.24) is 5.32 Å². The highest BCUT2D eigenvalue weighted by Gasteiger charge is 2.66. The molecule has 3 aliphatic rings. The van der Waals surface area contributed by atoms with Crippen LogP contribution in [-0.4, -0.2) is 13.1 Å². The van der Waals surface area contributed by atoms with Gasteiger partial charge in [-0.1, -0.05) is 0 Å². The first kappa shape index (κ1) is 9.73. The van der Waals surface area contributed by atoms with Crippen LogP contribution in [0.15, 0.2) is 0 Å². The van der Waals surface area contributed by atoms with Crippen LogP contribution in [0.3, 0.4) is 0 Å². The molecule has 3 fully saturated rings. The highest BCUT2D eigenvalue weighted by Crippen LogP contribution is 2.70. The molecule has 0 aromatic carbocycles. The lowest BCUT2D eigenvalue weighted by atomic mass is 9.95. The van der Waals surface area contributed by atoms with Crippen LogP contribution in [-0.2, 0) is 0 Å². The first-order valence-corrected chi connectivity index (χ1v) is 6.47. The zero-order valence-electron chi connectivity index (χ0n) is 9.58. The average molecular weight is 203 g/mol. The van der Waals surface area contributed by atoms with Crippen molar-refractivity contribution in [1.29, 1.82) is 0 Å². The summed E-state index contributed by atoms with van der Waals surface area (Å²) in [7, 11) is 2.11. The van der Waals surface area contributed by atoms with E-state index in [9.17, 15) is 0 Å². The largest absolute Gasteiger partial charge is 0.317 e. The third kappa shape index (κ3) is 1.35. The molecule has 0 aromatic rings. The molecule has 0 aliphatic heterocycles. The lowest BCUT2D eigenvalue weighted by Crippen LogP contribution is -2.30. The van der Waals surface area contributed by atoms with Crippen molar-refractivity contribution in [3.63, 3.8) is 0 Å². The van der Waals surface area contributed by atoms with Gasteiger partial charge >= 0.3 is 0 Å². The number of nitrogens with one attached hydrogen (secondary N) is 1. The predicted molar refractivity (Wildman–Crippen MR) is 62.2 cm³/mol. The maximum atomic E-state index is 5.36. The van der Waals surface area contributed by atoms with E-state index < -0.39 is 0 Å². The summed E-state index contributed by atoms with van der Waals surface area (Å²) in [4.78, 5) is 0. The van der Waals surface area contributed by atoms with Crippen LogP contribution in [0.4, 0.5) is 0 Å². The summed E-state index contributed by atoms with van der Waals surface area (Å²) in [6, 6.07) is 0.708. The Hall–Kier alpha value is -0.480. The Kier molecular flexibility index (Phi) is 2.29. The molecule has 3 aliphatic carbocycles. The Morgan fingerprint density at radius 2 is 2.00 bits per heavy atom. The van der Waals surface area contributed by atoms with E-state index in [0.29, 0.717) is 6.04 Å². The maximum Gasteiger partial charge on any atom is 0.0107 e. The van der Waals surface area contributed by atoms with Gasteiger partial charge in [0.25, 0.3) is 0 Å². The molecular weight excluding hydrogens is 182 g/mol. The minimum atomic E-state index is 0.708. The fraction of sp³-hybridized carbons (Fsp3) is 0.857. The maximum absolute atomic E-state index is 5.36. The second-order valence-corrected chi connectivity index (χ2v) is 5.70. The van der Waals surface area contributed by atoms with Gasteiger partial charge in [-0.15, -0.1) is 12.3 Å². The summed E-state index contributed by atoms with van der Waals surface area (Å²) in [5.41, 5.74) is 0. The van der Waals surface area contributed by atoms with Crippen LogP contribution in [0.25, 0.3) is 0 Å². The van der Waals surface area contributed by atoms with Crippen molar-refractivity contribution in [3.8, 4) is 12.3 Å². The van der Waals surface area contributed by atoms with Crippen molar-refractivity contribution in [2.45, 2.75) is 38.1 Å². The number of hydrogen-bond donors (Lipinski definition) is 1. The molecule has 82 valence electrons. The van der Waals surface area contributed by atoms with E-state index in [-0.39, 0.29) is 0 Å². The van der Waals surface area contributed by atoms with Gasteiger partial charge in [0.05, 0.1) is 0 Å². The Bertz CT molecular complexity index is 274. The molecule has 3 rings (SSSR count). The minimum absolute atomic E-state index is 0.708. The van der Waals surface area contributed by atoms with Gasteiger partial charge in [-0.05, 0) is 62.3 Å². The Morgan fingerprint density at radius 3 is 2.53 bits per heavy atom. The topological polar surface area (TPSA) is 12.0 Å². The second-order valence-electron chi connectivity index (χ2n) is 5.70. The predicted octanol–water partition coefficient (Wildman–Crippen LogP) is 2.28. The Morgan fingerprint density at radius 1 is 1.33 bits per heavy atom. The lowest BCUT2D eigenvalue weighted by Gasteiger charge is -2.18. The quantitative estimate of drug-likeness (QED) is 0.691. The smallest absolute Gasteiger partial charge is 0.0107 e. The van der Waals surface area contributed by atoms with E-state index in [2.05, 4.69) is 18.3 Å². The van der Waals surface area contributed by atoms with Crippen LogP contribution in [0.1, 0.15) is 32.1 Å². The van der Waals surface area contributed by atoms with Gasteiger partial charge in [-0.2, -0.15) is 0 Å². The summed E-state index contributed by atoms with van der Waals surface area (Å²) < 4.78 is 0. The van der Waals surface area contributed by atoms with Crippen molar-refractivity contribution in [2.24, 2.45) is 29.6 Å². The SMILES string of the molecule is C#CCCC(NC)C1C2C3CCC(C3)C21. The molecule has 5 atom stereocenters. The zero-order chi connectivity index (χ0) is 10.4. The number of terminal acetylenes is 1. The van der Waals surface area contributed by atoms with Gasteiger partial charge in [0, 0.05) is 12.5 Å². The summed E-state index contributed by atoms with van der Waals surface area (Å²) in [5.74, 6) is 8.10.